The van der Waals surface area contributed by atoms with Crippen molar-refractivity contribution in [3.63, 3.8) is 0 Å². The van der Waals surface area contributed by atoms with Crippen molar-refractivity contribution in [1.82, 2.24) is 0 Å². The van der Waals surface area contributed by atoms with Crippen molar-refractivity contribution in [3.8, 4) is 0 Å². The molecule has 0 aromatic rings. The summed E-state index contributed by atoms with van der Waals surface area (Å²) >= 11 is 0. The average molecular weight is 492 g/mol. The van der Waals surface area contributed by atoms with Gasteiger partial charge in [0.25, 0.3) is 0 Å². The molecule has 13 nitrogen and oxygen atoms in total. The van der Waals surface area contributed by atoms with Gasteiger partial charge < -0.3 is 64.5 Å². The van der Waals surface area contributed by atoms with E-state index >= 15 is 0 Å². The maximum absolute atomic E-state index is 10.5. The Balaban J connectivity index is 1.30. The Morgan fingerprint density at radius 3 is 2.06 bits per heavy atom. The maximum Gasteiger partial charge on any atom is 0.205 e. The average Bonchev–Trinajstić information content (AvgIpc) is 3.55. The molecule has 3 heterocycles. The number of aliphatic hydroxyl groups excluding tert-OH is 8. The maximum atomic E-state index is 10.5. The van der Waals surface area contributed by atoms with Crippen molar-refractivity contribution in [2.75, 3.05) is 6.61 Å². The van der Waals surface area contributed by atoms with E-state index in [-0.39, 0.29) is 18.1 Å². The van der Waals surface area contributed by atoms with E-state index in [0.717, 1.165) is 0 Å². The highest BCUT2D eigenvalue weighted by Gasteiger charge is 2.67. The fraction of sp³-hybridized carbons (Fsp3) is 0.905. The van der Waals surface area contributed by atoms with Crippen LogP contribution < -0.4 is 0 Å². The third-order valence-corrected chi connectivity index (χ3v) is 7.76. The van der Waals surface area contributed by atoms with E-state index in [4.69, 9.17) is 23.7 Å². The standard InChI is InChI=1S/C21H32O13/c1-5-9(23)11(25)15(29)21(31-5)34-17-6-2-3-30-20(8(6)18-19(17)32-18)33-16-7(4-22)10(24)12(26)13(27)14(16)28/h2-3,5-29H,4H2,1H3/t5-,6-,7+,8+,9-,10-,11+,12+,13-,14+,15+,16+,17-,18+,19-,20-,21-/m0/s1. The first kappa shape index (κ1) is 24.7. The van der Waals surface area contributed by atoms with Crippen LogP contribution >= 0.6 is 0 Å². The molecule has 3 aliphatic heterocycles. The Hall–Kier alpha value is -0.940. The van der Waals surface area contributed by atoms with Crippen LogP contribution in [0.2, 0.25) is 0 Å². The van der Waals surface area contributed by atoms with E-state index in [2.05, 4.69) is 0 Å². The molecule has 0 amide bonds. The second kappa shape index (κ2) is 9.18. The van der Waals surface area contributed by atoms with Gasteiger partial charge in [0.1, 0.15) is 42.7 Å². The molecule has 2 saturated heterocycles. The third kappa shape index (κ3) is 3.88. The lowest BCUT2D eigenvalue weighted by atomic mass is 9.78. The van der Waals surface area contributed by atoms with E-state index in [0.29, 0.717) is 0 Å². The Morgan fingerprint density at radius 1 is 0.706 bits per heavy atom. The van der Waals surface area contributed by atoms with Gasteiger partial charge in [0.2, 0.25) is 6.29 Å². The topological polar surface area (TPSA) is 211 Å². The molecule has 4 fully saturated rings. The normalized spacial score (nSPS) is 58.7. The van der Waals surface area contributed by atoms with Crippen LogP contribution in [0, 0.1) is 17.8 Å². The van der Waals surface area contributed by atoms with Gasteiger partial charge in [-0.05, 0) is 13.0 Å². The quantitative estimate of drug-likeness (QED) is 0.170. The lowest BCUT2D eigenvalue weighted by Gasteiger charge is -2.45. The molecule has 0 unspecified atom stereocenters. The number of rotatable bonds is 5. The van der Waals surface area contributed by atoms with Gasteiger partial charge in [-0.3, -0.25) is 0 Å². The van der Waals surface area contributed by atoms with E-state index in [1.807, 2.05) is 0 Å². The van der Waals surface area contributed by atoms with Gasteiger partial charge in [0.05, 0.1) is 49.3 Å². The second-order valence-electron chi connectivity index (χ2n) is 9.74. The highest BCUT2D eigenvalue weighted by molar-refractivity contribution is 5.17. The summed E-state index contributed by atoms with van der Waals surface area (Å²) in [5, 5.41) is 80.8. The zero-order valence-corrected chi connectivity index (χ0v) is 18.3. The molecule has 17 atom stereocenters. The summed E-state index contributed by atoms with van der Waals surface area (Å²) in [6, 6.07) is 0. The molecular weight excluding hydrogens is 460 g/mol. The summed E-state index contributed by atoms with van der Waals surface area (Å²) in [6.45, 7) is 0.940. The van der Waals surface area contributed by atoms with Crippen LogP contribution in [0.3, 0.4) is 0 Å². The molecule has 0 radical (unpaired) electrons. The predicted octanol–water partition coefficient (Wildman–Crippen LogP) is -4.47. The van der Waals surface area contributed by atoms with E-state index in [1.165, 1.54) is 6.26 Å². The van der Waals surface area contributed by atoms with E-state index in [9.17, 15) is 40.9 Å². The van der Waals surface area contributed by atoms with Gasteiger partial charge in [-0.15, -0.1) is 0 Å². The Kier molecular flexibility index (Phi) is 6.68. The summed E-state index contributed by atoms with van der Waals surface area (Å²) < 4.78 is 28.8. The van der Waals surface area contributed by atoms with Crippen LogP contribution in [-0.2, 0) is 23.7 Å². The number of fused-ring (bicyclic) bond motifs is 3. The zero-order valence-electron chi connectivity index (χ0n) is 18.3. The Labute approximate surface area is 194 Å². The van der Waals surface area contributed by atoms with Gasteiger partial charge in [-0.1, -0.05) is 0 Å². The molecule has 0 aromatic heterocycles. The fourth-order valence-electron chi connectivity index (χ4n) is 5.66. The van der Waals surface area contributed by atoms with Crippen molar-refractivity contribution in [2.24, 2.45) is 17.8 Å². The first-order chi connectivity index (χ1) is 16.1. The molecule has 8 N–H and O–H groups in total. The summed E-state index contributed by atoms with van der Waals surface area (Å²) in [7, 11) is 0. The molecule has 0 spiro atoms. The number of hydrogen-bond acceptors (Lipinski definition) is 13. The fourth-order valence-corrected chi connectivity index (χ4v) is 5.66. The number of epoxide rings is 1. The highest BCUT2D eigenvalue weighted by atomic mass is 16.7. The zero-order chi connectivity index (χ0) is 24.5. The minimum Gasteiger partial charge on any atom is -0.472 e. The molecule has 0 bridgehead atoms. The summed E-state index contributed by atoms with van der Waals surface area (Å²) in [5.41, 5.74) is 0. The molecule has 194 valence electrons. The van der Waals surface area contributed by atoms with Crippen LogP contribution in [0.4, 0.5) is 0 Å². The van der Waals surface area contributed by atoms with Gasteiger partial charge >= 0.3 is 0 Å². The molecular formula is C21H32O13. The SMILES string of the molecule is C[C@@H]1O[C@@H](O[C@H]2[C@H]3C=CO[C@@H](O[C@H]4[C@H](O)[C@@H](O)[C@H](O)[C@@H](O)[C@H]4CO)[C@H]3[C@H]3O[C@@H]23)[C@H](O)[C@H](O)[C@H]1O. The van der Waals surface area contributed by atoms with Gasteiger partial charge in [-0.2, -0.15) is 0 Å². The number of ether oxygens (including phenoxy) is 5. The summed E-state index contributed by atoms with van der Waals surface area (Å²) in [4.78, 5) is 0. The summed E-state index contributed by atoms with van der Waals surface area (Å²) in [5.74, 6) is -1.83. The van der Waals surface area contributed by atoms with E-state index < -0.39 is 92.1 Å². The van der Waals surface area contributed by atoms with Crippen molar-refractivity contribution >= 4 is 0 Å². The molecule has 2 aliphatic carbocycles. The third-order valence-electron chi connectivity index (χ3n) is 7.76. The monoisotopic (exact) mass is 492 g/mol. The number of aliphatic hydroxyl groups is 8. The second-order valence-corrected chi connectivity index (χ2v) is 9.74. The minimum absolute atomic E-state index is 0.327. The van der Waals surface area contributed by atoms with Crippen molar-refractivity contribution in [1.29, 1.82) is 0 Å². The lowest BCUT2D eigenvalue weighted by Crippen LogP contribution is -2.63. The first-order valence-electron chi connectivity index (χ1n) is 11.5. The first-order valence-corrected chi connectivity index (χ1v) is 11.5. The molecule has 13 heteroatoms. The molecule has 34 heavy (non-hydrogen) atoms. The smallest absolute Gasteiger partial charge is 0.205 e. The Bertz CT molecular complexity index is 767. The highest BCUT2D eigenvalue weighted by Crippen LogP contribution is 2.53. The molecule has 2 saturated carbocycles. The molecule has 0 aromatic carbocycles. The van der Waals surface area contributed by atoms with Crippen LogP contribution in [0.5, 0.6) is 0 Å². The van der Waals surface area contributed by atoms with Crippen molar-refractivity contribution in [3.05, 3.63) is 12.3 Å². The minimum atomic E-state index is -1.68. The van der Waals surface area contributed by atoms with Gasteiger partial charge in [-0.25, -0.2) is 0 Å². The molecule has 5 rings (SSSR count). The van der Waals surface area contributed by atoms with Crippen molar-refractivity contribution < 1.29 is 64.5 Å². The van der Waals surface area contributed by atoms with Crippen LogP contribution in [0.15, 0.2) is 12.3 Å². The largest absolute Gasteiger partial charge is 0.472 e. The van der Waals surface area contributed by atoms with E-state index in [1.54, 1.807) is 13.0 Å². The predicted molar refractivity (Wildman–Crippen MR) is 106 cm³/mol. The summed E-state index contributed by atoms with van der Waals surface area (Å²) in [6.07, 6.45) is -13.1. The van der Waals surface area contributed by atoms with Gasteiger partial charge in [0.15, 0.2) is 6.29 Å². The van der Waals surface area contributed by atoms with Gasteiger partial charge in [0, 0.05) is 11.8 Å². The van der Waals surface area contributed by atoms with Crippen LogP contribution in [0.1, 0.15) is 6.92 Å². The van der Waals surface area contributed by atoms with Crippen LogP contribution in [-0.4, -0.2) is 133 Å². The molecule has 5 aliphatic rings. The van der Waals surface area contributed by atoms with Crippen LogP contribution in [0.25, 0.3) is 0 Å². The Morgan fingerprint density at radius 2 is 1.35 bits per heavy atom. The van der Waals surface area contributed by atoms with Crippen molar-refractivity contribution in [2.45, 2.75) is 92.8 Å². The number of hydrogen-bond donors (Lipinski definition) is 8. The lowest BCUT2D eigenvalue weighted by molar-refractivity contribution is -0.312.